The van der Waals surface area contributed by atoms with Crippen LogP contribution < -0.4 is 5.32 Å². The second kappa shape index (κ2) is 8.02. The second-order valence-electron chi connectivity index (χ2n) is 5.41. The van der Waals surface area contributed by atoms with Crippen LogP contribution in [0, 0.1) is 17.0 Å². The molecule has 0 unspecified atom stereocenters. The zero-order valence-electron chi connectivity index (χ0n) is 14.2. The van der Waals surface area contributed by atoms with Gasteiger partial charge in [-0.3, -0.25) is 4.98 Å². The number of hydrogen-bond donors (Lipinski definition) is 1. The van der Waals surface area contributed by atoms with Gasteiger partial charge in [-0.15, -0.1) is 0 Å². The molecule has 1 aliphatic rings. The van der Waals surface area contributed by atoms with Gasteiger partial charge in [-0.05, 0) is 32.4 Å². The lowest BCUT2D eigenvalue weighted by Gasteiger charge is -2.42. The molecular weight excluding hydrogens is 314 g/mol. The molecular formula is C15H23N5O4. The molecule has 2 heterocycles. The van der Waals surface area contributed by atoms with Crippen molar-refractivity contribution in [2.45, 2.75) is 33.1 Å². The quantitative estimate of drug-likeness (QED) is 0.452. The smallest absolute Gasteiger partial charge is 0.272 e. The van der Waals surface area contributed by atoms with E-state index in [-0.39, 0.29) is 5.96 Å². The van der Waals surface area contributed by atoms with Crippen LogP contribution in [-0.2, 0) is 16.0 Å². The van der Waals surface area contributed by atoms with Crippen molar-refractivity contribution in [2.75, 3.05) is 26.3 Å². The third kappa shape index (κ3) is 4.39. The first-order valence-corrected chi connectivity index (χ1v) is 7.90. The normalized spacial score (nSPS) is 18.5. The molecule has 9 heteroatoms. The van der Waals surface area contributed by atoms with Gasteiger partial charge in [0, 0.05) is 19.4 Å². The molecule has 0 amide bonds. The van der Waals surface area contributed by atoms with Crippen LogP contribution in [0.2, 0.25) is 0 Å². The number of hydrazone groups is 1. The molecule has 1 aromatic rings. The van der Waals surface area contributed by atoms with Crippen molar-refractivity contribution in [2.24, 2.45) is 5.10 Å². The van der Waals surface area contributed by atoms with E-state index in [2.05, 4.69) is 15.4 Å². The average molecular weight is 337 g/mol. The number of aryl methyl sites for hydroxylation is 1. The lowest BCUT2D eigenvalue weighted by molar-refractivity contribution is -0.486. The van der Waals surface area contributed by atoms with Crippen molar-refractivity contribution in [1.82, 2.24) is 15.2 Å². The standard InChI is InChI=1S/C15H23N5O4/c1-4-23-15(24-5-2)10-17-14(18-20(21)22)19(11-15)9-13-12(3)7-6-8-16-13/h6-8H,4-5,9-11H2,1-3H3,(H,17,18). The van der Waals surface area contributed by atoms with E-state index in [1.807, 2.05) is 32.9 Å². The van der Waals surface area contributed by atoms with Gasteiger partial charge in [0.05, 0.1) is 25.3 Å². The number of guanidine groups is 1. The first-order valence-electron chi connectivity index (χ1n) is 7.90. The van der Waals surface area contributed by atoms with E-state index in [4.69, 9.17) is 9.47 Å². The number of hydrogen-bond acceptors (Lipinski definition) is 5. The summed E-state index contributed by atoms with van der Waals surface area (Å²) in [5.74, 6) is -0.693. The van der Waals surface area contributed by atoms with Gasteiger partial charge < -0.3 is 19.7 Å². The van der Waals surface area contributed by atoms with Gasteiger partial charge in [0.25, 0.3) is 5.96 Å². The van der Waals surface area contributed by atoms with Crippen molar-refractivity contribution in [1.29, 1.82) is 0 Å². The van der Waals surface area contributed by atoms with E-state index < -0.39 is 10.8 Å². The lowest BCUT2D eigenvalue weighted by Crippen LogP contribution is -2.63. The minimum absolute atomic E-state index is 0.181. The Morgan fingerprint density at radius 1 is 1.46 bits per heavy atom. The number of rotatable bonds is 7. The molecule has 0 spiro atoms. The largest absolute Gasteiger partial charge is 0.347 e. The van der Waals surface area contributed by atoms with Gasteiger partial charge in [0.1, 0.15) is 5.10 Å². The second-order valence-corrected chi connectivity index (χ2v) is 5.41. The van der Waals surface area contributed by atoms with Gasteiger partial charge in [0.15, 0.2) is 5.03 Å². The maximum atomic E-state index is 10.8. The first kappa shape index (κ1) is 18.1. The van der Waals surface area contributed by atoms with E-state index in [0.717, 1.165) is 11.3 Å². The SMILES string of the molecule is CCOC1(OCC)CN/C(=N\[N+](=O)[O-])N(Cc2ncccc2C)C1. The van der Waals surface area contributed by atoms with Crippen LogP contribution in [0.15, 0.2) is 23.4 Å². The minimum atomic E-state index is -0.873. The number of ether oxygens (including phenoxy) is 2. The van der Waals surface area contributed by atoms with Crippen LogP contribution in [0.1, 0.15) is 25.1 Å². The Balaban J connectivity index is 2.28. The third-order valence-corrected chi connectivity index (χ3v) is 3.70. The molecule has 0 aromatic carbocycles. The molecule has 1 N–H and O–H groups in total. The van der Waals surface area contributed by atoms with Crippen molar-refractivity contribution >= 4 is 5.96 Å². The van der Waals surface area contributed by atoms with E-state index >= 15 is 0 Å². The molecule has 1 aromatic heterocycles. The summed E-state index contributed by atoms with van der Waals surface area (Å²) in [5.41, 5.74) is 1.82. The van der Waals surface area contributed by atoms with Crippen LogP contribution >= 0.6 is 0 Å². The summed E-state index contributed by atoms with van der Waals surface area (Å²) in [6.45, 7) is 7.64. The maximum absolute atomic E-state index is 10.8. The van der Waals surface area contributed by atoms with Crippen LogP contribution in [-0.4, -0.2) is 53.0 Å². The summed E-state index contributed by atoms with van der Waals surface area (Å²) in [6.07, 6.45) is 1.70. The monoisotopic (exact) mass is 337 g/mol. The average Bonchev–Trinajstić information content (AvgIpc) is 2.52. The molecule has 0 atom stereocenters. The van der Waals surface area contributed by atoms with Crippen LogP contribution in [0.5, 0.6) is 0 Å². The number of nitrogens with one attached hydrogen (secondary N) is 1. The van der Waals surface area contributed by atoms with Crippen molar-refractivity contribution in [3.63, 3.8) is 0 Å². The predicted octanol–water partition coefficient (Wildman–Crippen LogP) is 1.11. The molecule has 0 radical (unpaired) electrons. The third-order valence-electron chi connectivity index (χ3n) is 3.70. The Bertz CT molecular complexity index is 601. The molecule has 2 rings (SSSR count). The van der Waals surface area contributed by atoms with Gasteiger partial charge in [-0.1, -0.05) is 6.07 Å². The number of aromatic nitrogens is 1. The summed E-state index contributed by atoms with van der Waals surface area (Å²) < 4.78 is 11.6. The van der Waals surface area contributed by atoms with Gasteiger partial charge in [-0.25, -0.2) is 10.1 Å². The Morgan fingerprint density at radius 2 is 2.17 bits per heavy atom. The highest BCUT2D eigenvalue weighted by Crippen LogP contribution is 2.21. The molecule has 0 saturated carbocycles. The van der Waals surface area contributed by atoms with E-state index in [9.17, 15) is 10.1 Å². The molecule has 1 saturated heterocycles. The summed E-state index contributed by atoms with van der Waals surface area (Å²) in [5, 5.41) is 16.5. The van der Waals surface area contributed by atoms with Gasteiger partial charge >= 0.3 is 0 Å². The van der Waals surface area contributed by atoms with Crippen molar-refractivity contribution in [3.05, 3.63) is 39.7 Å². The molecule has 0 aliphatic carbocycles. The summed E-state index contributed by atoms with van der Waals surface area (Å²) in [6, 6.07) is 3.80. The molecule has 1 aliphatic heterocycles. The van der Waals surface area contributed by atoms with Crippen LogP contribution in [0.4, 0.5) is 0 Å². The van der Waals surface area contributed by atoms with Crippen molar-refractivity contribution in [3.8, 4) is 0 Å². The fourth-order valence-corrected chi connectivity index (χ4v) is 2.68. The highest BCUT2D eigenvalue weighted by Gasteiger charge is 2.40. The summed E-state index contributed by atoms with van der Waals surface area (Å²) in [7, 11) is 0. The first-order chi connectivity index (χ1) is 11.5. The summed E-state index contributed by atoms with van der Waals surface area (Å²) in [4.78, 5) is 16.9. The Hall–Kier alpha value is -2.26. The van der Waals surface area contributed by atoms with E-state index in [1.165, 1.54) is 0 Å². The lowest BCUT2D eigenvalue weighted by atomic mass is 10.1. The van der Waals surface area contributed by atoms with E-state index in [0.29, 0.717) is 32.8 Å². The summed E-state index contributed by atoms with van der Waals surface area (Å²) >= 11 is 0. The Kier molecular flexibility index (Phi) is 6.04. The van der Waals surface area contributed by atoms with Crippen LogP contribution in [0.3, 0.4) is 0 Å². The Labute approximate surface area is 140 Å². The topological polar surface area (TPSA) is 102 Å². The molecule has 0 bridgehead atoms. The molecule has 132 valence electrons. The molecule has 1 fully saturated rings. The van der Waals surface area contributed by atoms with Gasteiger partial charge in [-0.2, -0.15) is 0 Å². The number of nitrogens with zero attached hydrogens (tertiary/aromatic N) is 4. The minimum Gasteiger partial charge on any atom is -0.347 e. The maximum Gasteiger partial charge on any atom is 0.272 e. The zero-order chi connectivity index (χ0) is 17.6. The van der Waals surface area contributed by atoms with E-state index in [1.54, 1.807) is 11.1 Å². The fraction of sp³-hybridized carbons (Fsp3) is 0.600. The molecule has 24 heavy (non-hydrogen) atoms. The highest BCUT2D eigenvalue weighted by atomic mass is 16.7. The van der Waals surface area contributed by atoms with Gasteiger partial charge in [0.2, 0.25) is 5.79 Å². The molecule has 9 nitrogen and oxygen atoms in total. The Morgan fingerprint density at radius 3 is 2.75 bits per heavy atom. The van der Waals surface area contributed by atoms with Crippen molar-refractivity contribution < 1.29 is 14.5 Å². The predicted molar refractivity (Wildman–Crippen MR) is 87.8 cm³/mol. The fourth-order valence-electron chi connectivity index (χ4n) is 2.68. The highest BCUT2D eigenvalue weighted by molar-refractivity contribution is 5.80. The number of pyridine rings is 1. The van der Waals surface area contributed by atoms with Crippen LogP contribution in [0.25, 0.3) is 0 Å². The zero-order valence-corrected chi connectivity index (χ0v) is 14.2. The number of nitro groups is 1.